The van der Waals surface area contributed by atoms with Gasteiger partial charge in [0.2, 0.25) is 0 Å². The van der Waals surface area contributed by atoms with Crippen molar-refractivity contribution in [2.45, 2.75) is 13.8 Å². The average molecular weight is 349 g/mol. The molecule has 0 unspecified atom stereocenters. The number of benzene rings is 2. The summed E-state index contributed by atoms with van der Waals surface area (Å²) in [6, 6.07) is 13.9. The number of nitrogens with zero attached hydrogens (tertiary/aromatic N) is 1. The summed E-state index contributed by atoms with van der Waals surface area (Å²) in [4.78, 5) is 26.9. The first-order chi connectivity index (χ1) is 12.4. The Morgan fingerprint density at radius 1 is 1.04 bits per heavy atom. The Hall–Kier alpha value is -3.34. The van der Waals surface area contributed by atoms with E-state index in [9.17, 15) is 14.7 Å². The van der Waals surface area contributed by atoms with E-state index in [2.05, 4.69) is 0 Å². The minimum Gasteiger partial charge on any atom is -0.508 e. The molecule has 2 aromatic rings. The molecule has 132 valence electrons. The maximum absolute atomic E-state index is 13.1. The molecule has 0 bridgehead atoms. The van der Waals surface area contributed by atoms with E-state index in [1.165, 1.54) is 24.1 Å². The maximum Gasteiger partial charge on any atom is 0.340 e. The molecule has 0 saturated carbocycles. The predicted molar refractivity (Wildman–Crippen MR) is 99.5 cm³/mol. The van der Waals surface area contributed by atoms with Crippen molar-refractivity contribution in [3.8, 4) is 5.75 Å². The molecule has 1 aliphatic rings. The molecule has 0 saturated heterocycles. The van der Waals surface area contributed by atoms with E-state index >= 15 is 0 Å². The monoisotopic (exact) mass is 349 g/mol. The van der Waals surface area contributed by atoms with Gasteiger partial charge in [0.15, 0.2) is 0 Å². The fourth-order valence-corrected chi connectivity index (χ4v) is 2.92. The lowest BCUT2D eigenvalue weighted by atomic mass is 10.0. The third-order valence-electron chi connectivity index (χ3n) is 4.29. The van der Waals surface area contributed by atoms with Crippen LogP contribution < -0.4 is 4.90 Å². The lowest BCUT2D eigenvalue weighted by Crippen LogP contribution is -2.24. The first kappa shape index (κ1) is 17.5. The molecule has 0 aliphatic carbocycles. The lowest BCUT2D eigenvalue weighted by molar-refractivity contribution is -0.136. The number of methoxy groups -OCH3 is 1. The van der Waals surface area contributed by atoms with Gasteiger partial charge in [-0.05, 0) is 49.8 Å². The number of phenols is 1. The molecule has 1 heterocycles. The number of allylic oxidation sites excluding steroid dienone is 1. The van der Waals surface area contributed by atoms with E-state index in [0.29, 0.717) is 16.9 Å². The largest absolute Gasteiger partial charge is 0.508 e. The van der Waals surface area contributed by atoms with Gasteiger partial charge in [0, 0.05) is 11.4 Å². The Morgan fingerprint density at radius 3 is 2.23 bits per heavy atom. The van der Waals surface area contributed by atoms with Gasteiger partial charge in [0.1, 0.15) is 5.75 Å². The van der Waals surface area contributed by atoms with Crippen LogP contribution in [0.3, 0.4) is 0 Å². The molecule has 0 fully saturated rings. The standard InChI is InChI=1S/C21H19NO4/c1-13-4-8-16(9-5-13)22-14(2)19(21(25)26-3)18(20(22)24)12-15-6-10-17(23)11-7-15/h4-12,23H,1-3H3/b18-12-. The third-order valence-corrected chi connectivity index (χ3v) is 4.29. The number of aromatic hydroxyl groups is 1. The molecule has 0 aromatic heterocycles. The van der Waals surface area contributed by atoms with Crippen LogP contribution in [0.1, 0.15) is 18.1 Å². The molecule has 3 rings (SSSR count). The number of carbonyl (C=O) groups excluding carboxylic acids is 2. The number of amides is 1. The summed E-state index contributed by atoms with van der Waals surface area (Å²) < 4.78 is 4.89. The van der Waals surface area contributed by atoms with Gasteiger partial charge in [0.25, 0.3) is 5.91 Å². The van der Waals surface area contributed by atoms with Gasteiger partial charge in [-0.2, -0.15) is 0 Å². The number of anilines is 1. The van der Waals surface area contributed by atoms with Crippen LogP contribution in [0.15, 0.2) is 65.4 Å². The zero-order valence-electron chi connectivity index (χ0n) is 14.8. The summed E-state index contributed by atoms with van der Waals surface area (Å²) in [5.74, 6) is -0.721. The highest BCUT2D eigenvalue weighted by atomic mass is 16.5. The molecule has 1 aliphatic heterocycles. The summed E-state index contributed by atoms with van der Waals surface area (Å²) in [6.07, 6.45) is 1.63. The predicted octanol–water partition coefficient (Wildman–Crippen LogP) is 3.58. The van der Waals surface area contributed by atoms with Crippen molar-refractivity contribution in [3.05, 3.63) is 76.5 Å². The highest BCUT2D eigenvalue weighted by Crippen LogP contribution is 2.35. The van der Waals surface area contributed by atoms with Gasteiger partial charge in [-0.25, -0.2) is 4.79 Å². The van der Waals surface area contributed by atoms with E-state index in [1.807, 2.05) is 31.2 Å². The van der Waals surface area contributed by atoms with Gasteiger partial charge in [-0.3, -0.25) is 9.69 Å². The van der Waals surface area contributed by atoms with Crippen molar-refractivity contribution >= 4 is 23.6 Å². The zero-order chi connectivity index (χ0) is 18.8. The molecule has 2 aromatic carbocycles. The first-order valence-electron chi connectivity index (χ1n) is 8.14. The molecule has 0 spiro atoms. The van der Waals surface area contributed by atoms with Gasteiger partial charge >= 0.3 is 5.97 Å². The number of ether oxygens (including phenoxy) is 1. The third kappa shape index (κ3) is 3.11. The van der Waals surface area contributed by atoms with E-state index in [-0.39, 0.29) is 22.8 Å². The highest BCUT2D eigenvalue weighted by Gasteiger charge is 2.37. The van der Waals surface area contributed by atoms with Crippen molar-refractivity contribution in [3.63, 3.8) is 0 Å². The Labute approximate surface area is 151 Å². The number of carbonyl (C=O) groups is 2. The number of hydrogen-bond acceptors (Lipinski definition) is 4. The quantitative estimate of drug-likeness (QED) is 0.679. The summed E-state index contributed by atoms with van der Waals surface area (Å²) >= 11 is 0. The molecule has 1 amide bonds. The topological polar surface area (TPSA) is 66.8 Å². The maximum atomic E-state index is 13.1. The van der Waals surface area contributed by atoms with Gasteiger partial charge in [-0.15, -0.1) is 0 Å². The normalized spacial score (nSPS) is 15.7. The van der Waals surface area contributed by atoms with Crippen molar-refractivity contribution < 1.29 is 19.4 Å². The van der Waals surface area contributed by atoms with Gasteiger partial charge in [0.05, 0.1) is 18.3 Å². The SMILES string of the molecule is COC(=O)C1=C(C)N(c2ccc(C)cc2)C(=O)/C1=C\c1ccc(O)cc1. The van der Waals surface area contributed by atoms with Crippen LogP contribution in [0, 0.1) is 6.92 Å². The Morgan fingerprint density at radius 2 is 1.65 bits per heavy atom. The number of rotatable bonds is 3. The fraction of sp³-hybridized carbons (Fsp3) is 0.143. The van der Waals surface area contributed by atoms with Crippen molar-refractivity contribution in [1.82, 2.24) is 0 Å². The number of hydrogen-bond donors (Lipinski definition) is 1. The number of phenolic OH excluding ortho intramolecular Hbond substituents is 1. The zero-order valence-corrected chi connectivity index (χ0v) is 14.8. The summed E-state index contributed by atoms with van der Waals surface area (Å²) in [5.41, 5.74) is 3.50. The van der Waals surface area contributed by atoms with E-state index in [0.717, 1.165) is 5.56 Å². The average Bonchev–Trinajstić information content (AvgIpc) is 2.87. The molecule has 5 heteroatoms. The van der Waals surface area contributed by atoms with E-state index < -0.39 is 5.97 Å². The van der Waals surface area contributed by atoms with Crippen LogP contribution in [0.5, 0.6) is 5.75 Å². The Kier molecular flexibility index (Phi) is 4.63. The van der Waals surface area contributed by atoms with E-state index in [1.54, 1.807) is 25.1 Å². The summed E-state index contributed by atoms with van der Waals surface area (Å²) in [7, 11) is 1.29. The minimum absolute atomic E-state index is 0.131. The first-order valence-corrected chi connectivity index (χ1v) is 8.14. The molecule has 5 nitrogen and oxygen atoms in total. The smallest absolute Gasteiger partial charge is 0.340 e. The second-order valence-electron chi connectivity index (χ2n) is 6.08. The second-order valence-corrected chi connectivity index (χ2v) is 6.08. The second kappa shape index (κ2) is 6.88. The molecule has 1 N–H and O–H groups in total. The van der Waals surface area contributed by atoms with Crippen LogP contribution in [0.25, 0.3) is 6.08 Å². The Bertz CT molecular complexity index is 921. The van der Waals surface area contributed by atoms with Crippen LogP contribution >= 0.6 is 0 Å². The lowest BCUT2D eigenvalue weighted by Gasteiger charge is -2.18. The molecular formula is C21H19NO4. The molecule has 0 radical (unpaired) electrons. The number of aryl methyl sites for hydroxylation is 1. The highest BCUT2D eigenvalue weighted by molar-refractivity contribution is 6.23. The van der Waals surface area contributed by atoms with E-state index in [4.69, 9.17) is 4.74 Å². The van der Waals surface area contributed by atoms with Crippen LogP contribution in [-0.2, 0) is 14.3 Å². The van der Waals surface area contributed by atoms with Crippen LogP contribution in [0.2, 0.25) is 0 Å². The minimum atomic E-state index is -0.560. The molecule has 26 heavy (non-hydrogen) atoms. The van der Waals surface area contributed by atoms with Crippen LogP contribution in [-0.4, -0.2) is 24.1 Å². The van der Waals surface area contributed by atoms with Crippen molar-refractivity contribution in [2.75, 3.05) is 12.0 Å². The molecular weight excluding hydrogens is 330 g/mol. The van der Waals surface area contributed by atoms with Gasteiger partial charge in [-0.1, -0.05) is 29.8 Å². The Balaban J connectivity index is 2.12. The van der Waals surface area contributed by atoms with Crippen LogP contribution in [0.4, 0.5) is 5.69 Å². The molecule has 0 atom stereocenters. The fourth-order valence-electron chi connectivity index (χ4n) is 2.92. The summed E-state index contributed by atoms with van der Waals surface area (Å²) in [5, 5.41) is 9.42. The van der Waals surface area contributed by atoms with Gasteiger partial charge < -0.3 is 9.84 Å². The number of esters is 1. The van der Waals surface area contributed by atoms with Crippen molar-refractivity contribution in [2.24, 2.45) is 0 Å². The summed E-state index contributed by atoms with van der Waals surface area (Å²) in [6.45, 7) is 3.69. The van der Waals surface area contributed by atoms with Crippen molar-refractivity contribution in [1.29, 1.82) is 0 Å².